The number of hydrogen-bond donors (Lipinski definition) is 1. The monoisotopic (exact) mass is 476 g/mol. The van der Waals surface area contributed by atoms with Gasteiger partial charge in [-0.2, -0.15) is 5.26 Å². The molecule has 1 heterocycles. The number of rotatable bonds is 2. The molecule has 0 amide bonds. The van der Waals surface area contributed by atoms with Crippen LogP contribution in [0.15, 0.2) is 64.8 Å². The van der Waals surface area contributed by atoms with Gasteiger partial charge in [0.15, 0.2) is 0 Å². The molecule has 152 valence electrons. The van der Waals surface area contributed by atoms with Gasteiger partial charge in [-0.25, -0.2) is 0 Å². The lowest BCUT2D eigenvalue weighted by Gasteiger charge is -2.34. The fourth-order valence-electron chi connectivity index (χ4n) is 3.98. The van der Waals surface area contributed by atoms with E-state index in [-0.39, 0.29) is 5.88 Å². The first-order valence-corrected chi connectivity index (χ1v) is 10.8. The van der Waals surface area contributed by atoms with Gasteiger partial charge in [0, 0.05) is 31.2 Å². The Morgan fingerprint density at radius 1 is 0.967 bits per heavy atom. The van der Waals surface area contributed by atoms with Crippen LogP contribution in [0.5, 0.6) is 0 Å². The fourth-order valence-corrected chi connectivity index (χ4v) is 5.10. The average Bonchev–Trinajstić information content (AvgIpc) is 2.71. The summed E-state index contributed by atoms with van der Waals surface area (Å²) in [4.78, 5) is 0. The Labute approximate surface area is 194 Å². The summed E-state index contributed by atoms with van der Waals surface area (Å²) in [5.74, 6) is 0.218. The van der Waals surface area contributed by atoms with Crippen molar-refractivity contribution < 1.29 is 4.74 Å². The zero-order chi connectivity index (χ0) is 21.4. The predicted octanol–water partition coefficient (Wildman–Crippen LogP) is 7.63. The standard InChI is InChI=1S/C23H16Cl4N2O/c24-16-6-2-7-17(25)14(16)10-12-4-1-5-13-20(15(11-28)23(29)30-22(12)13)21-18(26)8-3-9-19(21)27/h2-3,6-10,20H,1,4-5,29H2/b12-10-/t20-/m0/s1. The highest BCUT2D eigenvalue weighted by atomic mass is 35.5. The number of nitriles is 1. The minimum atomic E-state index is -0.467. The van der Waals surface area contributed by atoms with Gasteiger partial charge >= 0.3 is 0 Å². The smallest absolute Gasteiger partial charge is 0.205 e. The molecular weight excluding hydrogens is 462 g/mol. The van der Waals surface area contributed by atoms with Crippen molar-refractivity contribution in [2.45, 2.75) is 25.2 Å². The topological polar surface area (TPSA) is 59.0 Å². The zero-order valence-corrected chi connectivity index (χ0v) is 18.7. The normalized spacial score (nSPS) is 20.1. The molecule has 0 aromatic heterocycles. The van der Waals surface area contributed by atoms with Crippen molar-refractivity contribution in [3.63, 3.8) is 0 Å². The van der Waals surface area contributed by atoms with Crippen LogP contribution >= 0.6 is 46.4 Å². The van der Waals surface area contributed by atoms with Crippen LogP contribution < -0.4 is 5.73 Å². The van der Waals surface area contributed by atoms with Crippen LogP contribution in [0.4, 0.5) is 0 Å². The number of benzene rings is 2. The Balaban J connectivity index is 1.92. The second-order valence-electron chi connectivity index (χ2n) is 7.07. The zero-order valence-electron chi connectivity index (χ0n) is 15.7. The third-order valence-corrected chi connectivity index (χ3v) is 6.64. The van der Waals surface area contributed by atoms with Gasteiger partial charge in [-0.05, 0) is 60.8 Å². The Hall–Kier alpha value is -2.09. The summed E-state index contributed by atoms with van der Waals surface area (Å²) in [5.41, 5.74) is 9.70. The Bertz CT molecular complexity index is 1130. The maximum atomic E-state index is 9.81. The average molecular weight is 478 g/mol. The number of nitrogens with two attached hydrogens (primary N) is 1. The molecule has 0 bridgehead atoms. The van der Waals surface area contributed by atoms with Gasteiger partial charge < -0.3 is 10.5 Å². The maximum absolute atomic E-state index is 9.81. The molecule has 0 saturated heterocycles. The number of nitrogens with zero attached hydrogens (tertiary/aromatic N) is 1. The van der Waals surface area contributed by atoms with Gasteiger partial charge in [0.05, 0.1) is 5.92 Å². The van der Waals surface area contributed by atoms with Crippen molar-refractivity contribution in [1.29, 1.82) is 5.26 Å². The summed E-state index contributed by atoms with van der Waals surface area (Å²) in [6.45, 7) is 0. The van der Waals surface area contributed by atoms with Gasteiger partial charge in [0.2, 0.25) is 5.88 Å². The molecule has 2 aromatic rings. The summed E-state index contributed by atoms with van der Waals surface area (Å²) < 4.78 is 5.96. The lowest BCUT2D eigenvalue weighted by molar-refractivity contribution is 0.277. The van der Waals surface area contributed by atoms with Gasteiger partial charge in [-0.15, -0.1) is 0 Å². The van der Waals surface area contributed by atoms with Crippen molar-refractivity contribution in [3.05, 3.63) is 96.0 Å². The SMILES string of the molecule is N#CC1=C(N)OC2=C(CCC/C2=C/c2c(Cl)cccc2Cl)[C@@H]1c1c(Cl)cccc1Cl. The molecule has 3 nitrogen and oxygen atoms in total. The predicted molar refractivity (Wildman–Crippen MR) is 122 cm³/mol. The van der Waals surface area contributed by atoms with Crippen molar-refractivity contribution in [3.8, 4) is 6.07 Å². The van der Waals surface area contributed by atoms with Crippen LogP contribution in [0.2, 0.25) is 20.1 Å². The summed E-state index contributed by atoms with van der Waals surface area (Å²) in [6.07, 6.45) is 4.29. The Morgan fingerprint density at radius 3 is 2.17 bits per heavy atom. The van der Waals surface area contributed by atoms with E-state index >= 15 is 0 Å². The van der Waals surface area contributed by atoms with E-state index in [1.807, 2.05) is 6.08 Å². The number of ether oxygens (including phenoxy) is 1. The van der Waals surface area contributed by atoms with Gasteiger partial charge in [-0.3, -0.25) is 0 Å². The van der Waals surface area contributed by atoms with Crippen molar-refractivity contribution in [1.82, 2.24) is 0 Å². The van der Waals surface area contributed by atoms with E-state index in [0.29, 0.717) is 42.5 Å². The molecular formula is C23H16Cl4N2O. The van der Waals surface area contributed by atoms with Gasteiger partial charge in [0.25, 0.3) is 0 Å². The summed E-state index contributed by atoms with van der Waals surface area (Å²) >= 11 is 25.7. The largest absolute Gasteiger partial charge is 0.440 e. The quantitative estimate of drug-likeness (QED) is 0.483. The van der Waals surface area contributed by atoms with Crippen molar-refractivity contribution in [2.75, 3.05) is 0 Å². The van der Waals surface area contributed by atoms with Crippen LogP contribution in [-0.4, -0.2) is 0 Å². The summed E-state index contributed by atoms with van der Waals surface area (Å²) in [7, 11) is 0. The third-order valence-electron chi connectivity index (χ3n) is 5.32. The first-order chi connectivity index (χ1) is 14.4. The van der Waals surface area contributed by atoms with E-state index in [1.54, 1.807) is 36.4 Å². The summed E-state index contributed by atoms with van der Waals surface area (Å²) in [6, 6.07) is 12.8. The number of allylic oxidation sites excluding steroid dienone is 3. The van der Waals surface area contributed by atoms with Crippen LogP contribution in [0.25, 0.3) is 6.08 Å². The second kappa shape index (κ2) is 8.57. The highest BCUT2D eigenvalue weighted by Crippen LogP contribution is 2.50. The molecule has 0 unspecified atom stereocenters. The lowest BCUT2D eigenvalue weighted by atomic mass is 9.77. The number of halogens is 4. The van der Waals surface area contributed by atoms with E-state index < -0.39 is 5.92 Å². The van der Waals surface area contributed by atoms with Crippen molar-refractivity contribution in [2.24, 2.45) is 5.73 Å². The van der Waals surface area contributed by atoms with E-state index in [4.69, 9.17) is 56.9 Å². The van der Waals surface area contributed by atoms with Crippen LogP contribution in [-0.2, 0) is 4.74 Å². The molecule has 1 atom stereocenters. The molecule has 1 aliphatic heterocycles. The number of hydrogen-bond acceptors (Lipinski definition) is 3. The second-order valence-corrected chi connectivity index (χ2v) is 8.70. The van der Waals surface area contributed by atoms with Gasteiger partial charge in [0.1, 0.15) is 17.4 Å². The van der Waals surface area contributed by atoms with Crippen molar-refractivity contribution >= 4 is 52.5 Å². The Kier molecular flexibility index (Phi) is 6.04. The fraction of sp³-hybridized carbons (Fsp3) is 0.174. The third kappa shape index (κ3) is 3.70. The lowest BCUT2D eigenvalue weighted by Crippen LogP contribution is -2.24. The molecule has 30 heavy (non-hydrogen) atoms. The molecule has 0 fully saturated rings. The molecule has 0 radical (unpaired) electrons. The van der Waals surface area contributed by atoms with Crippen LogP contribution in [0.1, 0.15) is 36.3 Å². The van der Waals surface area contributed by atoms with Crippen LogP contribution in [0, 0.1) is 11.3 Å². The highest BCUT2D eigenvalue weighted by Gasteiger charge is 2.37. The molecule has 2 N–H and O–H groups in total. The van der Waals surface area contributed by atoms with E-state index in [2.05, 4.69) is 6.07 Å². The minimum absolute atomic E-state index is 0.0512. The molecule has 0 spiro atoms. The molecule has 1 aliphatic carbocycles. The first kappa shape index (κ1) is 21.2. The van der Waals surface area contributed by atoms with E-state index in [0.717, 1.165) is 30.4 Å². The van der Waals surface area contributed by atoms with Gasteiger partial charge in [-0.1, -0.05) is 58.5 Å². The van der Waals surface area contributed by atoms with E-state index in [9.17, 15) is 5.26 Å². The Morgan fingerprint density at radius 2 is 1.57 bits per heavy atom. The molecule has 0 saturated carbocycles. The minimum Gasteiger partial charge on any atom is -0.440 e. The molecule has 4 rings (SSSR count). The van der Waals surface area contributed by atoms with E-state index in [1.165, 1.54) is 0 Å². The first-order valence-electron chi connectivity index (χ1n) is 9.31. The molecule has 2 aliphatic rings. The molecule has 2 aromatic carbocycles. The summed E-state index contributed by atoms with van der Waals surface area (Å²) in [5, 5.41) is 11.9. The molecule has 7 heteroatoms. The van der Waals surface area contributed by atoms with Crippen LogP contribution in [0.3, 0.4) is 0 Å². The highest BCUT2D eigenvalue weighted by molar-refractivity contribution is 6.37. The maximum Gasteiger partial charge on any atom is 0.205 e.